The van der Waals surface area contributed by atoms with Crippen molar-refractivity contribution in [2.75, 3.05) is 33.0 Å². The third-order valence-corrected chi connectivity index (χ3v) is 6.15. The first kappa shape index (κ1) is 21.2. The normalized spacial score (nSPS) is 16.6. The summed E-state index contributed by atoms with van der Waals surface area (Å²) in [4.78, 5) is 29.8. The fourth-order valence-electron chi connectivity index (χ4n) is 4.26. The van der Waals surface area contributed by atoms with Crippen LogP contribution in [0.5, 0.6) is 11.5 Å². The van der Waals surface area contributed by atoms with Crippen molar-refractivity contribution in [3.63, 3.8) is 0 Å². The van der Waals surface area contributed by atoms with Crippen LogP contribution in [-0.4, -0.2) is 58.5 Å². The maximum absolute atomic E-state index is 13.2. The molecule has 0 N–H and O–H groups in total. The second-order valence-corrected chi connectivity index (χ2v) is 8.33. The van der Waals surface area contributed by atoms with Crippen LogP contribution < -0.4 is 15.0 Å². The van der Waals surface area contributed by atoms with Gasteiger partial charge >= 0.3 is 0 Å². The number of ether oxygens (including phenoxy) is 2. The Labute approximate surface area is 192 Å². The van der Waals surface area contributed by atoms with Gasteiger partial charge in [0.1, 0.15) is 6.04 Å². The summed E-state index contributed by atoms with van der Waals surface area (Å²) in [5.74, 6) is 1.48. The van der Waals surface area contributed by atoms with Gasteiger partial charge in [-0.15, -0.1) is 0 Å². The highest BCUT2D eigenvalue weighted by molar-refractivity contribution is 5.80. The van der Waals surface area contributed by atoms with E-state index in [1.54, 1.807) is 13.0 Å². The van der Waals surface area contributed by atoms with Gasteiger partial charge in [-0.25, -0.2) is 4.68 Å². The molecular formula is C25H26N4O4. The molecule has 2 aliphatic rings. The van der Waals surface area contributed by atoms with Crippen LogP contribution in [-0.2, 0) is 11.3 Å². The molecule has 5 rings (SSSR count). The van der Waals surface area contributed by atoms with Crippen molar-refractivity contribution >= 4 is 5.91 Å². The average molecular weight is 447 g/mol. The second kappa shape index (κ2) is 9.07. The van der Waals surface area contributed by atoms with Gasteiger partial charge in [0.2, 0.25) is 12.7 Å². The number of benzene rings is 2. The molecule has 3 heterocycles. The number of nitrogens with zero attached hydrogens (tertiary/aromatic N) is 4. The van der Waals surface area contributed by atoms with Crippen LogP contribution in [0.25, 0.3) is 11.3 Å². The third-order valence-electron chi connectivity index (χ3n) is 6.15. The molecule has 0 radical (unpaired) electrons. The Morgan fingerprint density at radius 3 is 2.52 bits per heavy atom. The molecule has 1 unspecified atom stereocenters. The molecule has 2 aromatic carbocycles. The van der Waals surface area contributed by atoms with Crippen molar-refractivity contribution < 1.29 is 14.3 Å². The van der Waals surface area contributed by atoms with E-state index in [2.05, 4.69) is 10.00 Å². The van der Waals surface area contributed by atoms with Gasteiger partial charge in [0, 0.05) is 44.4 Å². The summed E-state index contributed by atoms with van der Waals surface area (Å²) in [7, 11) is 0. The van der Waals surface area contributed by atoms with Crippen molar-refractivity contribution in [1.29, 1.82) is 0 Å². The molecule has 8 heteroatoms. The van der Waals surface area contributed by atoms with E-state index in [9.17, 15) is 9.59 Å². The average Bonchev–Trinajstić information content (AvgIpc) is 3.32. The Kier molecular flexibility index (Phi) is 5.83. The van der Waals surface area contributed by atoms with Gasteiger partial charge in [-0.1, -0.05) is 36.4 Å². The summed E-state index contributed by atoms with van der Waals surface area (Å²) in [5.41, 5.74) is 2.45. The maximum atomic E-state index is 13.2. The molecule has 2 aliphatic heterocycles. The molecule has 0 aliphatic carbocycles. The number of hydrogen-bond acceptors (Lipinski definition) is 6. The lowest BCUT2D eigenvalue weighted by atomic mass is 10.1. The van der Waals surface area contributed by atoms with Gasteiger partial charge in [-0.2, -0.15) is 5.10 Å². The molecule has 170 valence electrons. The lowest BCUT2D eigenvalue weighted by Gasteiger charge is -2.36. The molecule has 33 heavy (non-hydrogen) atoms. The van der Waals surface area contributed by atoms with Crippen LogP contribution >= 0.6 is 0 Å². The molecule has 3 aromatic rings. The highest BCUT2D eigenvalue weighted by atomic mass is 16.7. The van der Waals surface area contributed by atoms with Crippen LogP contribution in [0.4, 0.5) is 0 Å². The van der Waals surface area contributed by atoms with E-state index in [0.717, 1.165) is 42.3 Å². The molecule has 1 atom stereocenters. The number of piperazine rings is 1. The van der Waals surface area contributed by atoms with Crippen molar-refractivity contribution in [3.05, 3.63) is 76.6 Å². The standard InChI is InChI=1S/C25H26N4O4/c1-18(29-24(30)10-8-21(26-29)20-5-3-2-4-6-20)25(31)28-13-11-27(12-14-28)16-19-7-9-22-23(15-19)33-17-32-22/h2-10,15,18H,11-14,16-17H2,1H3. The van der Waals surface area contributed by atoms with Crippen LogP contribution in [0.15, 0.2) is 65.5 Å². The van der Waals surface area contributed by atoms with Crippen molar-refractivity contribution in [2.24, 2.45) is 0 Å². The van der Waals surface area contributed by atoms with Crippen LogP contribution in [0.3, 0.4) is 0 Å². The lowest BCUT2D eigenvalue weighted by molar-refractivity contribution is -0.136. The third kappa shape index (κ3) is 4.47. The summed E-state index contributed by atoms with van der Waals surface area (Å²) in [5, 5.41) is 4.48. The zero-order valence-corrected chi connectivity index (χ0v) is 18.5. The summed E-state index contributed by atoms with van der Waals surface area (Å²) in [6, 6.07) is 18.1. The van der Waals surface area contributed by atoms with Gasteiger partial charge in [0.15, 0.2) is 11.5 Å². The zero-order chi connectivity index (χ0) is 22.8. The largest absolute Gasteiger partial charge is 0.454 e. The topological polar surface area (TPSA) is 76.9 Å². The summed E-state index contributed by atoms with van der Waals surface area (Å²) in [6.45, 7) is 5.54. The molecule has 1 saturated heterocycles. The van der Waals surface area contributed by atoms with Gasteiger partial charge in [0.25, 0.3) is 5.56 Å². The summed E-state index contributed by atoms with van der Waals surface area (Å²) in [6.07, 6.45) is 0. The fraction of sp³-hybridized carbons (Fsp3) is 0.320. The first-order valence-corrected chi connectivity index (χ1v) is 11.1. The quantitative estimate of drug-likeness (QED) is 0.600. The molecular weight excluding hydrogens is 420 g/mol. The van der Waals surface area contributed by atoms with Crippen LogP contribution in [0.2, 0.25) is 0 Å². The lowest BCUT2D eigenvalue weighted by Crippen LogP contribution is -2.50. The number of carbonyl (C=O) groups is 1. The Bertz CT molecular complexity index is 1200. The Balaban J connectivity index is 1.22. The van der Waals surface area contributed by atoms with E-state index in [4.69, 9.17) is 9.47 Å². The van der Waals surface area contributed by atoms with E-state index in [-0.39, 0.29) is 18.3 Å². The van der Waals surface area contributed by atoms with Crippen molar-refractivity contribution in [2.45, 2.75) is 19.5 Å². The van der Waals surface area contributed by atoms with Crippen molar-refractivity contribution in [3.8, 4) is 22.8 Å². The van der Waals surface area contributed by atoms with E-state index < -0.39 is 6.04 Å². The predicted molar refractivity (Wildman–Crippen MR) is 123 cm³/mol. The SMILES string of the molecule is CC(C(=O)N1CCN(Cc2ccc3c(c2)OCO3)CC1)n1nc(-c2ccccc2)ccc1=O. The van der Waals surface area contributed by atoms with Crippen LogP contribution in [0, 0.1) is 0 Å². The zero-order valence-electron chi connectivity index (χ0n) is 18.5. The molecule has 1 aromatic heterocycles. The van der Waals surface area contributed by atoms with E-state index in [1.807, 2.05) is 53.4 Å². The van der Waals surface area contributed by atoms with Gasteiger partial charge in [0.05, 0.1) is 5.69 Å². The number of fused-ring (bicyclic) bond motifs is 1. The Morgan fingerprint density at radius 2 is 1.73 bits per heavy atom. The van der Waals surface area contributed by atoms with E-state index in [0.29, 0.717) is 18.8 Å². The number of carbonyl (C=O) groups excluding carboxylic acids is 1. The van der Waals surface area contributed by atoms with E-state index in [1.165, 1.54) is 10.7 Å². The highest BCUT2D eigenvalue weighted by Gasteiger charge is 2.27. The fourth-order valence-corrected chi connectivity index (χ4v) is 4.26. The van der Waals surface area contributed by atoms with Crippen LogP contribution in [0.1, 0.15) is 18.5 Å². The minimum Gasteiger partial charge on any atom is -0.454 e. The van der Waals surface area contributed by atoms with Crippen molar-refractivity contribution in [1.82, 2.24) is 19.6 Å². The summed E-state index contributed by atoms with van der Waals surface area (Å²) >= 11 is 0. The number of aromatic nitrogens is 2. The van der Waals surface area contributed by atoms with Gasteiger partial charge < -0.3 is 14.4 Å². The minimum absolute atomic E-state index is 0.0856. The number of hydrogen-bond donors (Lipinski definition) is 0. The van der Waals surface area contributed by atoms with Gasteiger partial charge in [-0.3, -0.25) is 14.5 Å². The predicted octanol–water partition coefficient (Wildman–Crippen LogP) is 2.54. The molecule has 1 amide bonds. The second-order valence-electron chi connectivity index (χ2n) is 8.33. The molecule has 8 nitrogen and oxygen atoms in total. The highest BCUT2D eigenvalue weighted by Crippen LogP contribution is 2.32. The number of amides is 1. The first-order chi connectivity index (χ1) is 16.1. The molecule has 0 bridgehead atoms. The smallest absolute Gasteiger partial charge is 0.267 e. The molecule has 0 spiro atoms. The minimum atomic E-state index is -0.665. The Hall–Kier alpha value is -3.65. The number of rotatable bonds is 5. The molecule has 0 saturated carbocycles. The van der Waals surface area contributed by atoms with E-state index >= 15 is 0 Å². The summed E-state index contributed by atoms with van der Waals surface area (Å²) < 4.78 is 12.1. The van der Waals surface area contributed by atoms with Gasteiger partial charge in [-0.05, 0) is 30.7 Å². The maximum Gasteiger partial charge on any atom is 0.267 e. The first-order valence-electron chi connectivity index (χ1n) is 11.1. The monoisotopic (exact) mass is 446 g/mol. The molecule has 1 fully saturated rings. The Morgan fingerprint density at radius 1 is 0.970 bits per heavy atom.